The molecular weight excluding hydrogens is 310 g/mol. The minimum Gasteiger partial charge on any atom is -0.490 e. The van der Waals surface area contributed by atoms with E-state index in [9.17, 15) is 14.7 Å². The van der Waals surface area contributed by atoms with E-state index >= 15 is 0 Å². The molecule has 0 aromatic heterocycles. The molecular formula is C18H25NO5. The third-order valence-electron chi connectivity index (χ3n) is 3.88. The van der Waals surface area contributed by atoms with Crippen molar-refractivity contribution in [2.75, 3.05) is 26.3 Å². The zero-order valence-corrected chi connectivity index (χ0v) is 14.4. The van der Waals surface area contributed by atoms with Crippen LogP contribution >= 0.6 is 0 Å². The molecule has 1 aromatic carbocycles. The smallest absolute Gasteiger partial charge is 0.307 e. The number of ketones is 1. The Hall–Kier alpha value is -1.92. The van der Waals surface area contributed by atoms with Crippen molar-refractivity contribution in [1.29, 1.82) is 0 Å². The molecule has 0 bridgehead atoms. The minimum atomic E-state index is -1.40. The van der Waals surface area contributed by atoms with E-state index in [-0.39, 0.29) is 25.0 Å². The fourth-order valence-electron chi connectivity index (χ4n) is 2.28. The first-order chi connectivity index (χ1) is 11.3. The Bertz CT molecular complexity index is 576. The van der Waals surface area contributed by atoms with Crippen LogP contribution in [0.2, 0.25) is 0 Å². The van der Waals surface area contributed by atoms with Gasteiger partial charge in [-0.3, -0.25) is 14.5 Å². The predicted molar refractivity (Wildman–Crippen MR) is 89.2 cm³/mol. The van der Waals surface area contributed by atoms with Gasteiger partial charge >= 0.3 is 5.97 Å². The van der Waals surface area contributed by atoms with Gasteiger partial charge in [0.15, 0.2) is 5.78 Å². The van der Waals surface area contributed by atoms with Crippen LogP contribution in [0.5, 0.6) is 5.75 Å². The normalized spacial score (nSPS) is 19.7. The Kier molecular flexibility index (Phi) is 5.96. The molecule has 1 aliphatic heterocycles. The Labute approximate surface area is 142 Å². The quantitative estimate of drug-likeness (QED) is 0.320. The standard InChI is InChI=1S/C18H25NO5/c1-13-12-19(13)9-8-16(20)24-11-10-23-15-6-4-14(5-7-15)17(21)18(2,3)22/h4-7,13,22H,8-12H2,1-3H3. The summed E-state index contributed by atoms with van der Waals surface area (Å²) in [6.45, 7) is 7.28. The van der Waals surface area contributed by atoms with E-state index < -0.39 is 5.60 Å². The van der Waals surface area contributed by atoms with Gasteiger partial charge in [-0.15, -0.1) is 0 Å². The van der Waals surface area contributed by atoms with E-state index in [0.29, 0.717) is 23.8 Å². The van der Waals surface area contributed by atoms with E-state index in [1.165, 1.54) is 13.8 Å². The van der Waals surface area contributed by atoms with Gasteiger partial charge in [-0.1, -0.05) is 0 Å². The molecule has 1 saturated heterocycles. The maximum absolute atomic E-state index is 11.9. The molecule has 0 amide bonds. The van der Waals surface area contributed by atoms with Crippen LogP contribution in [0.1, 0.15) is 37.6 Å². The lowest BCUT2D eigenvalue weighted by Gasteiger charge is -2.15. The van der Waals surface area contributed by atoms with Crippen molar-refractivity contribution in [3.63, 3.8) is 0 Å². The van der Waals surface area contributed by atoms with E-state index in [2.05, 4.69) is 11.8 Å². The molecule has 2 atom stereocenters. The van der Waals surface area contributed by atoms with E-state index in [1.54, 1.807) is 24.3 Å². The van der Waals surface area contributed by atoms with Gasteiger partial charge in [-0.2, -0.15) is 0 Å². The zero-order chi connectivity index (χ0) is 17.7. The van der Waals surface area contributed by atoms with Crippen LogP contribution in [-0.2, 0) is 9.53 Å². The Morgan fingerprint density at radius 2 is 1.88 bits per heavy atom. The van der Waals surface area contributed by atoms with Crippen LogP contribution in [-0.4, -0.2) is 59.7 Å². The summed E-state index contributed by atoms with van der Waals surface area (Å²) in [4.78, 5) is 25.6. The van der Waals surface area contributed by atoms with Gasteiger partial charge in [-0.25, -0.2) is 0 Å². The topological polar surface area (TPSA) is 75.8 Å². The van der Waals surface area contributed by atoms with Crippen molar-refractivity contribution >= 4 is 11.8 Å². The fraction of sp³-hybridized carbons (Fsp3) is 0.556. The summed E-state index contributed by atoms with van der Waals surface area (Å²) in [5.74, 6) is 0.0174. The summed E-state index contributed by atoms with van der Waals surface area (Å²) in [6.07, 6.45) is 0.401. The van der Waals surface area contributed by atoms with Gasteiger partial charge in [0.05, 0.1) is 6.42 Å². The number of benzene rings is 1. The highest BCUT2D eigenvalue weighted by Crippen LogP contribution is 2.17. The molecule has 1 heterocycles. The van der Waals surface area contributed by atoms with Gasteiger partial charge in [0.2, 0.25) is 0 Å². The summed E-state index contributed by atoms with van der Waals surface area (Å²) >= 11 is 0. The van der Waals surface area contributed by atoms with Gasteiger partial charge < -0.3 is 14.6 Å². The Morgan fingerprint density at radius 1 is 1.25 bits per heavy atom. The average Bonchev–Trinajstić information content (AvgIpc) is 3.24. The van der Waals surface area contributed by atoms with Crippen LogP contribution in [0.15, 0.2) is 24.3 Å². The predicted octanol–water partition coefficient (Wildman–Crippen LogP) is 1.66. The third-order valence-corrected chi connectivity index (χ3v) is 3.88. The number of Topliss-reactive ketones (excluding diaryl/α,β-unsaturated/α-hetero) is 1. The van der Waals surface area contributed by atoms with Crippen LogP contribution in [0.4, 0.5) is 0 Å². The first kappa shape index (κ1) is 18.4. The number of nitrogens with zero attached hydrogens (tertiary/aromatic N) is 1. The number of hydrogen-bond acceptors (Lipinski definition) is 6. The first-order valence-corrected chi connectivity index (χ1v) is 8.17. The van der Waals surface area contributed by atoms with E-state index in [1.807, 2.05) is 0 Å². The summed E-state index contributed by atoms with van der Waals surface area (Å²) in [6, 6.07) is 7.11. The molecule has 1 N–H and O–H groups in total. The number of carbonyl (C=O) groups is 2. The molecule has 2 unspecified atom stereocenters. The summed E-state index contributed by atoms with van der Waals surface area (Å²) in [7, 11) is 0. The molecule has 2 rings (SSSR count). The molecule has 1 aliphatic rings. The van der Waals surface area contributed by atoms with Crippen molar-refractivity contribution in [2.24, 2.45) is 0 Å². The second kappa shape index (κ2) is 7.77. The highest BCUT2D eigenvalue weighted by molar-refractivity contribution is 6.01. The number of hydrogen-bond donors (Lipinski definition) is 1. The minimum absolute atomic E-state index is 0.193. The number of rotatable bonds is 9. The first-order valence-electron chi connectivity index (χ1n) is 8.17. The van der Waals surface area contributed by atoms with Gasteiger partial charge in [0, 0.05) is 24.7 Å². The average molecular weight is 335 g/mol. The second-order valence-corrected chi connectivity index (χ2v) is 6.58. The second-order valence-electron chi connectivity index (χ2n) is 6.58. The summed E-state index contributed by atoms with van der Waals surface area (Å²) in [5.41, 5.74) is -0.976. The molecule has 6 heteroatoms. The molecule has 0 saturated carbocycles. The maximum atomic E-state index is 11.9. The Morgan fingerprint density at radius 3 is 2.42 bits per heavy atom. The highest BCUT2D eigenvalue weighted by atomic mass is 16.6. The van der Waals surface area contributed by atoms with E-state index in [0.717, 1.165) is 13.1 Å². The summed E-state index contributed by atoms with van der Waals surface area (Å²) < 4.78 is 10.6. The Balaban J connectivity index is 1.65. The lowest BCUT2D eigenvalue weighted by Crippen LogP contribution is -2.30. The lowest BCUT2D eigenvalue weighted by molar-refractivity contribution is -0.144. The van der Waals surface area contributed by atoms with E-state index in [4.69, 9.17) is 9.47 Å². The molecule has 132 valence electrons. The monoisotopic (exact) mass is 335 g/mol. The molecule has 0 spiro atoms. The largest absolute Gasteiger partial charge is 0.490 e. The van der Waals surface area contributed by atoms with Gasteiger partial charge in [0.25, 0.3) is 0 Å². The fourth-order valence-corrected chi connectivity index (χ4v) is 2.28. The molecule has 0 aliphatic carbocycles. The molecule has 1 fully saturated rings. The molecule has 6 nitrogen and oxygen atoms in total. The maximum Gasteiger partial charge on any atom is 0.307 e. The molecule has 24 heavy (non-hydrogen) atoms. The number of aliphatic hydroxyl groups is 1. The van der Waals surface area contributed by atoms with Crippen LogP contribution in [0.3, 0.4) is 0 Å². The SMILES string of the molecule is CC1CN1CCC(=O)OCCOc1ccc(C(=O)C(C)(C)O)cc1. The van der Waals surface area contributed by atoms with Crippen molar-refractivity contribution in [3.05, 3.63) is 29.8 Å². The van der Waals surface area contributed by atoms with Crippen LogP contribution in [0.25, 0.3) is 0 Å². The lowest BCUT2D eigenvalue weighted by atomic mass is 9.97. The van der Waals surface area contributed by atoms with Gasteiger partial charge in [0.1, 0.15) is 24.6 Å². The number of carbonyl (C=O) groups excluding carboxylic acids is 2. The molecule has 1 aromatic rings. The van der Waals surface area contributed by atoms with Gasteiger partial charge in [-0.05, 0) is 45.0 Å². The summed E-state index contributed by atoms with van der Waals surface area (Å²) in [5, 5.41) is 9.70. The molecule has 0 radical (unpaired) electrons. The van der Waals surface area contributed by atoms with Crippen molar-refractivity contribution in [3.8, 4) is 5.75 Å². The third kappa shape index (κ3) is 5.62. The highest BCUT2D eigenvalue weighted by Gasteiger charge is 2.28. The van der Waals surface area contributed by atoms with Crippen molar-refractivity contribution in [1.82, 2.24) is 4.90 Å². The number of ether oxygens (including phenoxy) is 2. The van der Waals surface area contributed by atoms with Crippen molar-refractivity contribution in [2.45, 2.75) is 38.8 Å². The van der Waals surface area contributed by atoms with Crippen LogP contribution in [0, 0.1) is 0 Å². The van der Waals surface area contributed by atoms with Crippen molar-refractivity contribution < 1.29 is 24.2 Å². The number of esters is 1. The van der Waals surface area contributed by atoms with Crippen LogP contribution < -0.4 is 4.74 Å². The zero-order valence-electron chi connectivity index (χ0n) is 14.4.